The molecule has 2 N–H and O–H groups in total. The number of carbonyl (C=O) groups is 1. The summed E-state index contributed by atoms with van der Waals surface area (Å²) in [6.07, 6.45) is 0.747. The Morgan fingerprint density at radius 1 is 1.02 bits per heavy atom. The molecule has 0 fully saturated rings. The first-order valence-electron chi connectivity index (χ1n) is 16.0. The summed E-state index contributed by atoms with van der Waals surface area (Å²) in [5.41, 5.74) is 6.99. The Hall–Kier alpha value is -4.25. The Balaban J connectivity index is 1.38. The minimum atomic E-state index is -0.627. The Morgan fingerprint density at radius 2 is 1.80 bits per heavy atom. The first-order valence-corrected chi connectivity index (χ1v) is 18.2. The van der Waals surface area contributed by atoms with Gasteiger partial charge in [-0.2, -0.15) is 4.98 Å². The molecule has 0 radical (unpaired) electrons. The number of aryl methyl sites for hydroxylation is 1. The summed E-state index contributed by atoms with van der Waals surface area (Å²) in [4.78, 5) is 19.1. The number of amides is 1. The summed E-state index contributed by atoms with van der Waals surface area (Å²) in [5.74, 6) is 2.06. The molecule has 1 amide bonds. The van der Waals surface area contributed by atoms with Crippen molar-refractivity contribution in [2.24, 2.45) is 0 Å². The second-order valence-electron chi connectivity index (χ2n) is 11.7. The minimum Gasteiger partial charge on any atom is -0.490 e. The van der Waals surface area contributed by atoms with Crippen molar-refractivity contribution in [1.29, 1.82) is 0 Å². The second-order valence-corrected chi connectivity index (χ2v) is 13.9. The van der Waals surface area contributed by atoms with Crippen molar-refractivity contribution in [2.45, 2.75) is 51.1 Å². The monoisotopic (exact) mass is 757 g/mol. The van der Waals surface area contributed by atoms with Gasteiger partial charge in [-0.05, 0) is 95.7 Å². The third kappa shape index (κ3) is 7.82. The number of nitrogens with zero attached hydrogens (tertiary/aromatic N) is 3. The van der Waals surface area contributed by atoms with E-state index in [-0.39, 0.29) is 5.91 Å². The molecule has 8 nitrogen and oxygen atoms in total. The van der Waals surface area contributed by atoms with E-state index < -0.39 is 6.04 Å². The molecule has 0 spiro atoms. The Morgan fingerprint density at radius 3 is 2.57 bits per heavy atom. The van der Waals surface area contributed by atoms with Crippen LogP contribution in [0.15, 0.2) is 106 Å². The molecule has 0 saturated heterocycles. The van der Waals surface area contributed by atoms with E-state index in [4.69, 9.17) is 31.2 Å². The lowest BCUT2D eigenvalue weighted by molar-refractivity contribution is -0.113. The average molecular weight is 759 g/mol. The maximum absolute atomic E-state index is 14.3. The minimum absolute atomic E-state index is 0.243. The van der Waals surface area contributed by atoms with Crippen molar-refractivity contribution in [1.82, 2.24) is 14.8 Å². The number of hydrogen-bond donors (Lipinski definition) is 2. The summed E-state index contributed by atoms with van der Waals surface area (Å²) in [6, 6.07) is 27.1. The van der Waals surface area contributed by atoms with E-state index in [2.05, 4.69) is 38.7 Å². The van der Waals surface area contributed by atoms with E-state index in [9.17, 15) is 4.79 Å². The maximum Gasteiger partial charge on any atom is 0.255 e. The number of nitrogens with one attached hydrogen (secondary N) is 2. The summed E-state index contributed by atoms with van der Waals surface area (Å²) in [6.45, 7) is 8.76. The lowest BCUT2D eigenvalue weighted by Gasteiger charge is -2.29. The van der Waals surface area contributed by atoms with Gasteiger partial charge in [-0.15, -0.1) is 5.10 Å². The summed E-state index contributed by atoms with van der Waals surface area (Å²) < 4.78 is 14.9. The zero-order chi connectivity index (χ0) is 34.5. The van der Waals surface area contributed by atoms with Gasteiger partial charge in [0, 0.05) is 28.6 Å². The van der Waals surface area contributed by atoms with Crippen molar-refractivity contribution in [3.63, 3.8) is 0 Å². The number of hydrogen-bond acceptors (Lipinski definition) is 7. The van der Waals surface area contributed by atoms with E-state index in [0.29, 0.717) is 62.3 Å². The van der Waals surface area contributed by atoms with E-state index in [1.165, 1.54) is 17.3 Å². The van der Waals surface area contributed by atoms with Crippen LogP contribution in [0.5, 0.6) is 11.5 Å². The van der Waals surface area contributed by atoms with Crippen LogP contribution < -0.4 is 20.1 Å². The molecule has 2 heterocycles. The lowest BCUT2D eigenvalue weighted by Crippen LogP contribution is -2.31. The molecule has 0 aliphatic carbocycles. The van der Waals surface area contributed by atoms with Crippen LogP contribution in [-0.2, 0) is 17.0 Å². The Kier molecular flexibility index (Phi) is 11.0. The van der Waals surface area contributed by atoms with E-state index in [0.717, 1.165) is 34.4 Å². The van der Waals surface area contributed by atoms with Crippen LogP contribution in [0, 0.1) is 13.8 Å². The molecule has 1 aromatic heterocycles. The number of anilines is 2. The highest BCUT2D eigenvalue weighted by atomic mass is 79.9. The SMILES string of the molecule is CCOc1cc(C2C(C(=O)Nc3cccc(C)c3C)=C(C)Nc3nc(SCc4ccccc4Cl)nn32)cc(Br)c1OCCc1ccccc1. The van der Waals surface area contributed by atoms with E-state index >= 15 is 0 Å². The molecule has 49 heavy (non-hydrogen) atoms. The molecular formula is C38H37BrClN5O3S. The van der Waals surface area contributed by atoms with Crippen molar-refractivity contribution in [2.75, 3.05) is 23.8 Å². The third-order valence-corrected chi connectivity index (χ3v) is 10.2. The number of rotatable bonds is 12. The van der Waals surface area contributed by atoms with Gasteiger partial charge in [-0.3, -0.25) is 4.79 Å². The molecule has 0 bridgehead atoms. The number of thioether (sulfide) groups is 1. The quantitative estimate of drug-likeness (QED) is 0.123. The molecule has 1 atom stereocenters. The molecule has 11 heteroatoms. The Bertz CT molecular complexity index is 2020. The van der Waals surface area contributed by atoms with Crippen molar-refractivity contribution >= 4 is 56.8 Å². The zero-order valence-electron chi connectivity index (χ0n) is 27.7. The number of allylic oxidation sites excluding steroid dienone is 1. The van der Waals surface area contributed by atoms with E-state index in [1.807, 2.05) is 100 Å². The summed E-state index contributed by atoms with van der Waals surface area (Å²) in [7, 11) is 0. The van der Waals surface area contributed by atoms with Gasteiger partial charge in [0.25, 0.3) is 5.91 Å². The highest BCUT2D eigenvalue weighted by Crippen LogP contribution is 2.44. The van der Waals surface area contributed by atoms with Gasteiger partial charge >= 0.3 is 0 Å². The van der Waals surface area contributed by atoms with Crippen LogP contribution in [0.25, 0.3) is 0 Å². The predicted octanol–water partition coefficient (Wildman–Crippen LogP) is 9.55. The fourth-order valence-corrected chi connectivity index (χ4v) is 7.38. The standard InChI is InChI=1S/C38H37BrClN5O3S/c1-5-47-32-21-28(20-29(39)35(32)48-19-18-26-13-7-6-8-14-26)34-33(36(46)42-31-17-11-12-23(2)24(31)3)25(4)41-37-43-38(44-45(34)37)49-22-27-15-9-10-16-30(27)40/h6-17,20-21,34H,5,18-19,22H2,1-4H3,(H,42,46)(H,41,43,44). The number of aromatic nitrogens is 3. The maximum atomic E-state index is 14.3. The van der Waals surface area contributed by atoms with Crippen LogP contribution in [0.3, 0.4) is 0 Å². The fraction of sp³-hybridized carbons (Fsp3) is 0.237. The third-order valence-electron chi connectivity index (χ3n) is 8.37. The molecule has 0 saturated carbocycles. The van der Waals surface area contributed by atoms with Gasteiger partial charge in [0.05, 0.1) is 23.3 Å². The van der Waals surface area contributed by atoms with Crippen LogP contribution in [0.2, 0.25) is 5.02 Å². The van der Waals surface area contributed by atoms with Crippen LogP contribution >= 0.6 is 39.3 Å². The van der Waals surface area contributed by atoms with Crippen molar-refractivity contribution < 1.29 is 14.3 Å². The van der Waals surface area contributed by atoms with Crippen LogP contribution in [0.1, 0.15) is 47.7 Å². The first kappa shape index (κ1) is 34.6. The predicted molar refractivity (Wildman–Crippen MR) is 201 cm³/mol. The zero-order valence-corrected chi connectivity index (χ0v) is 30.9. The number of carbonyl (C=O) groups excluding carboxylic acids is 1. The molecular weight excluding hydrogens is 722 g/mol. The normalized spacial score (nSPS) is 13.9. The van der Waals surface area contributed by atoms with Gasteiger partial charge in [0.1, 0.15) is 6.04 Å². The van der Waals surface area contributed by atoms with Crippen molar-refractivity contribution in [3.05, 3.63) is 134 Å². The summed E-state index contributed by atoms with van der Waals surface area (Å²) >= 11 is 11.7. The average Bonchev–Trinajstić information content (AvgIpc) is 3.49. The Labute approximate surface area is 304 Å². The van der Waals surface area contributed by atoms with E-state index in [1.54, 1.807) is 4.68 Å². The van der Waals surface area contributed by atoms with Crippen LogP contribution in [0.4, 0.5) is 11.6 Å². The molecule has 6 rings (SSSR count). The first-order chi connectivity index (χ1) is 23.7. The van der Waals surface area contributed by atoms with Gasteiger partial charge in [0.15, 0.2) is 11.5 Å². The number of halogens is 2. The number of ether oxygens (including phenoxy) is 2. The fourth-order valence-electron chi connectivity index (χ4n) is 5.69. The lowest BCUT2D eigenvalue weighted by atomic mass is 9.94. The second kappa shape index (κ2) is 15.5. The molecule has 1 aliphatic rings. The van der Waals surface area contributed by atoms with Gasteiger partial charge in [-0.1, -0.05) is 84.0 Å². The van der Waals surface area contributed by atoms with Gasteiger partial charge in [0.2, 0.25) is 11.1 Å². The number of benzene rings is 4. The highest BCUT2D eigenvalue weighted by Gasteiger charge is 2.36. The molecule has 1 unspecified atom stereocenters. The topological polar surface area (TPSA) is 90.3 Å². The molecule has 4 aromatic carbocycles. The van der Waals surface area contributed by atoms with Gasteiger partial charge < -0.3 is 20.1 Å². The largest absolute Gasteiger partial charge is 0.490 e. The van der Waals surface area contributed by atoms with Crippen molar-refractivity contribution in [3.8, 4) is 11.5 Å². The summed E-state index contributed by atoms with van der Waals surface area (Å²) in [5, 5.41) is 12.7. The number of fused-ring (bicyclic) bond motifs is 1. The highest BCUT2D eigenvalue weighted by molar-refractivity contribution is 9.10. The molecule has 5 aromatic rings. The smallest absolute Gasteiger partial charge is 0.255 e. The molecule has 252 valence electrons. The van der Waals surface area contributed by atoms with Gasteiger partial charge in [-0.25, -0.2) is 4.68 Å². The molecule has 1 aliphatic heterocycles. The van der Waals surface area contributed by atoms with Crippen LogP contribution in [-0.4, -0.2) is 33.9 Å².